The maximum absolute atomic E-state index is 5.25. The van der Waals surface area contributed by atoms with Gasteiger partial charge < -0.3 is 9.64 Å². The van der Waals surface area contributed by atoms with Gasteiger partial charge in [0.2, 0.25) is 0 Å². The van der Waals surface area contributed by atoms with Gasteiger partial charge in [-0.3, -0.25) is 0 Å². The van der Waals surface area contributed by atoms with Crippen molar-refractivity contribution < 1.29 is 4.74 Å². The van der Waals surface area contributed by atoms with Crippen LogP contribution in [0.2, 0.25) is 0 Å². The van der Waals surface area contributed by atoms with E-state index < -0.39 is 0 Å². The highest BCUT2D eigenvalue weighted by Gasteiger charge is 2.17. The molecular formula is C15H15NO. The van der Waals surface area contributed by atoms with Gasteiger partial charge in [0.05, 0.1) is 6.61 Å². The van der Waals surface area contributed by atoms with E-state index >= 15 is 0 Å². The SMILES string of the molecule is COCC1=Cc2cccc3cccc(c23)N1C. The lowest BCUT2D eigenvalue weighted by molar-refractivity contribution is 0.225. The van der Waals surface area contributed by atoms with Crippen molar-refractivity contribution in [2.75, 3.05) is 25.7 Å². The van der Waals surface area contributed by atoms with Gasteiger partial charge in [-0.2, -0.15) is 0 Å². The molecule has 0 aromatic heterocycles. The molecule has 0 amide bonds. The molecule has 0 unspecified atom stereocenters. The van der Waals surface area contributed by atoms with Gasteiger partial charge in [-0.1, -0.05) is 30.3 Å². The van der Waals surface area contributed by atoms with Crippen molar-refractivity contribution in [3.8, 4) is 0 Å². The molecule has 2 aromatic carbocycles. The number of ether oxygens (including phenoxy) is 1. The molecule has 0 saturated heterocycles. The molecule has 0 radical (unpaired) electrons. The predicted octanol–water partition coefficient (Wildman–Crippen LogP) is 3.28. The zero-order valence-corrected chi connectivity index (χ0v) is 10.1. The molecule has 0 bridgehead atoms. The van der Waals surface area contributed by atoms with E-state index in [9.17, 15) is 0 Å². The Morgan fingerprint density at radius 2 is 1.88 bits per heavy atom. The van der Waals surface area contributed by atoms with Crippen LogP contribution < -0.4 is 4.90 Å². The molecule has 3 rings (SSSR count). The Morgan fingerprint density at radius 1 is 1.12 bits per heavy atom. The number of methoxy groups -OCH3 is 1. The Morgan fingerprint density at radius 3 is 2.65 bits per heavy atom. The molecule has 1 aliphatic rings. The van der Waals surface area contributed by atoms with Gasteiger partial charge >= 0.3 is 0 Å². The maximum atomic E-state index is 5.25. The lowest BCUT2D eigenvalue weighted by Gasteiger charge is -2.28. The molecule has 1 aliphatic heterocycles. The van der Waals surface area contributed by atoms with Crippen LogP contribution in [0.15, 0.2) is 42.1 Å². The van der Waals surface area contributed by atoms with Crippen molar-refractivity contribution in [2.24, 2.45) is 0 Å². The van der Waals surface area contributed by atoms with Crippen LogP contribution in [0.4, 0.5) is 5.69 Å². The van der Waals surface area contributed by atoms with Crippen molar-refractivity contribution >= 4 is 22.5 Å². The monoisotopic (exact) mass is 225 g/mol. The minimum absolute atomic E-state index is 0.640. The standard InChI is InChI=1S/C15H15NO/c1-16-13(10-17-2)9-12-7-3-5-11-6-4-8-14(16)15(11)12/h3-9H,10H2,1-2H3. The second kappa shape index (κ2) is 3.90. The predicted molar refractivity (Wildman–Crippen MR) is 72.2 cm³/mol. The molecule has 0 fully saturated rings. The van der Waals surface area contributed by atoms with E-state index in [-0.39, 0.29) is 0 Å². The second-order valence-corrected chi connectivity index (χ2v) is 4.35. The zero-order valence-electron chi connectivity index (χ0n) is 10.1. The van der Waals surface area contributed by atoms with Gasteiger partial charge in [0.15, 0.2) is 0 Å². The molecule has 1 heterocycles. The molecule has 0 saturated carbocycles. The first-order chi connectivity index (χ1) is 8.31. The van der Waals surface area contributed by atoms with E-state index in [0.717, 1.165) is 0 Å². The summed E-state index contributed by atoms with van der Waals surface area (Å²) in [5.74, 6) is 0. The van der Waals surface area contributed by atoms with Crippen LogP contribution in [0.25, 0.3) is 16.8 Å². The van der Waals surface area contributed by atoms with Crippen LogP contribution in [-0.2, 0) is 4.74 Å². The highest BCUT2D eigenvalue weighted by molar-refractivity contribution is 6.03. The number of benzene rings is 2. The highest BCUT2D eigenvalue weighted by Crippen LogP contribution is 2.36. The van der Waals surface area contributed by atoms with Gasteiger partial charge in [0.25, 0.3) is 0 Å². The Balaban J connectivity index is 2.29. The van der Waals surface area contributed by atoms with E-state index in [2.05, 4.69) is 54.4 Å². The van der Waals surface area contributed by atoms with Gasteiger partial charge in [0.1, 0.15) is 0 Å². The van der Waals surface area contributed by atoms with Gasteiger partial charge in [0, 0.05) is 30.9 Å². The van der Waals surface area contributed by atoms with Crippen LogP contribution in [0.3, 0.4) is 0 Å². The number of hydrogen-bond donors (Lipinski definition) is 0. The van der Waals surface area contributed by atoms with Crippen LogP contribution in [0, 0.1) is 0 Å². The van der Waals surface area contributed by atoms with Crippen molar-refractivity contribution in [1.29, 1.82) is 0 Å². The molecule has 17 heavy (non-hydrogen) atoms. The van der Waals surface area contributed by atoms with Crippen molar-refractivity contribution in [2.45, 2.75) is 0 Å². The molecule has 2 aromatic rings. The van der Waals surface area contributed by atoms with Crippen LogP contribution >= 0.6 is 0 Å². The molecule has 2 heteroatoms. The van der Waals surface area contributed by atoms with E-state index in [1.54, 1.807) is 7.11 Å². The average molecular weight is 225 g/mol. The van der Waals surface area contributed by atoms with E-state index in [1.165, 1.54) is 27.7 Å². The first kappa shape index (κ1) is 10.4. The van der Waals surface area contributed by atoms with Crippen LogP contribution in [0.5, 0.6) is 0 Å². The van der Waals surface area contributed by atoms with E-state index in [1.807, 2.05) is 0 Å². The molecule has 0 N–H and O–H groups in total. The molecular weight excluding hydrogens is 210 g/mol. The number of hydrogen-bond acceptors (Lipinski definition) is 2. The fraction of sp³-hybridized carbons (Fsp3) is 0.200. The Kier molecular flexibility index (Phi) is 2.37. The molecule has 0 atom stereocenters. The minimum atomic E-state index is 0.640. The molecule has 0 spiro atoms. The van der Waals surface area contributed by atoms with Crippen molar-refractivity contribution in [1.82, 2.24) is 0 Å². The summed E-state index contributed by atoms with van der Waals surface area (Å²) in [6.45, 7) is 0.640. The third-order valence-electron chi connectivity index (χ3n) is 3.32. The normalized spacial score (nSPS) is 14.0. The number of rotatable bonds is 2. The van der Waals surface area contributed by atoms with Crippen LogP contribution in [0.1, 0.15) is 5.56 Å². The largest absolute Gasteiger partial charge is 0.378 e. The van der Waals surface area contributed by atoms with Gasteiger partial charge in [-0.15, -0.1) is 0 Å². The van der Waals surface area contributed by atoms with E-state index in [0.29, 0.717) is 6.61 Å². The quantitative estimate of drug-likeness (QED) is 0.777. The third-order valence-corrected chi connectivity index (χ3v) is 3.32. The molecule has 0 aliphatic carbocycles. The Labute approximate surface area is 101 Å². The summed E-state index contributed by atoms with van der Waals surface area (Å²) < 4.78 is 5.25. The van der Waals surface area contributed by atoms with Crippen LogP contribution in [-0.4, -0.2) is 20.8 Å². The summed E-state index contributed by atoms with van der Waals surface area (Å²) in [4.78, 5) is 2.21. The summed E-state index contributed by atoms with van der Waals surface area (Å²) in [5.41, 5.74) is 3.73. The summed E-state index contributed by atoms with van der Waals surface area (Å²) in [7, 11) is 3.82. The Hall–Kier alpha value is -1.80. The average Bonchev–Trinajstić information content (AvgIpc) is 2.36. The lowest BCUT2D eigenvalue weighted by atomic mass is 9.98. The van der Waals surface area contributed by atoms with E-state index in [4.69, 9.17) is 4.74 Å². The maximum Gasteiger partial charge on any atom is 0.0864 e. The fourth-order valence-corrected chi connectivity index (χ4v) is 2.47. The van der Waals surface area contributed by atoms with Crippen molar-refractivity contribution in [3.05, 3.63) is 47.7 Å². The lowest BCUT2D eigenvalue weighted by Crippen LogP contribution is -2.22. The summed E-state index contributed by atoms with van der Waals surface area (Å²) >= 11 is 0. The third kappa shape index (κ3) is 1.53. The summed E-state index contributed by atoms with van der Waals surface area (Å²) in [6.07, 6.45) is 2.21. The smallest absolute Gasteiger partial charge is 0.0864 e. The summed E-state index contributed by atoms with van der Waals surface area (Å²) in [6, 6.07) is 12.8. The number of anilines is 1. The zero-order chi connectivity index (χ0) is 11.8. The van der Waals surface area contributed by atoms with Gasteiger partial charge in [-0.05, 0) is 23.1 Å². The fourth-order valence-electron chi connectivity index (χ4n) is 2.47. The second-order valence-electron chi connectivity index (χ2n) is 4.35. The first-order valence-electron chi connectivity index (χ1n) is 5.76. The van der Waals surface area contributed by atoms with Crippen molar-refractivity contribution in [3.63, 3.8) is 0 Å². The first-order valence-corrected chi connectivity index (χ1v) is 5.76. The number of nitrogens with zero attached hydrogens (tertiary/aromatic N) is 1. The minimum Gasteiger partial charge on any atom is -0.378 e. The molecule has 2 nitrogen and oxygen atoms in total. The molecule has 86 valence electrons. The number of likely N-dealkylation sites (N-methyl/N-ethyl adjacent to an activating group) is 1. The topological polar surface area (TPSA) is 12.5 Å². The highest BCUT2D eigenvalue weighted by atomic mass is 16.5. The summed E-state index contributed by atoms with van der Waals surface area (Å²) in [5, 5.41) is 2.62. The Bertz CT molecular complexity index is 596. The van der Waals surface area contributed by atoms with Gasteiger partial charge in [-0.25, -0.2) is 0 Å².